The fraction of sp³-hybridized carbons (Fsp3) is 0.278. The third kappa shape index (κ3) is 3.84. The summed E-state index contributed by atoms with van der Waals surface area (Å²) in [5.74, 6) is 0. The van der Waals surface area contributed by atoms with E-state index in [0.29, 0.717) is 11.6 Å². The van der Waals surface area contributed by atoms with E-state index in [2.05, 4.69) is 29.4 Å². The maximum absolute atomic E-state index is 12.5. The number of anilines is 1. The molecule has 1 fully saturated rings. The van der Waals surface area contributed by atoms with Crippen LogP contribution in [0.4, 0.5) is 10.5 Å². The summed E-state index contributed by atoms with van der Waals surface area (Å²) in [4.78, 5) is 16.7. The molecule has 23 heavy (non-hydrogen) atoms. The molecule has 2 amide bonds. The lowest BCUT2D eigenvalue weighted by Gasteiger charge is -2.39. The first-order valence-electron chi connectivity index (χ1n) is 7.70. The lowest BCUT2D eigenvalue weighted by molar-refractivity contribution is 0.116. The van der Waals surface area contributed by atoms with E-state index < -0.39 is 0 Å². The van der Waals surface area contributed by atoms with Crippen molar-refractivity contribution in [2.75, 3.05) is 32.0 Å². The van der Waals surface area contributed by atoms with Crippen molar-refractivity contribution < 1.29 is 4.79 Å². The first kappa shape index (κ1) is 15.8. The zero-order valence-electron chi connectivity index (χ0n) is 13.1. The SMILES string of the molecule is CN1CCN(C(=O)Nc2ccc(Cl)cc2)CC1c1ccccc1. The van der Waals surface area contributed by atoms with Gasteiger partial charge in [-0.05, 0) is 36.9 Å². The molecule has 5 heteroatoms. The van der Waals surface area contributed by atoms with Gasteiger partial charge >= 0.3 is 6.03 Å². The van der Waals surface area contributed by atoms with Crippen molar-refractivity contribution in [3.8, 4) is 0 Å². The van der Waals surface area contributed by atoms with Crippen LogP contribution in [0.25, 0.3) is 0 Å². The highest BCUT2D eigenvalue weighted by molar-refractivity contribution is 6.30. The van der Waals surface area contributed by atoms with Crippen LogP contribution in [0.1, 0.15) is 11.6 Å². The molecule has 4 nitrogen and oxygen atoms in total. The smallest absolute Gasteiger partial charge is 0.321 e. The number of nitrogens with one attached hydrogen (secondary N) is 1. The van der Waals surface area contributed by atoms with E-state index >= 15 is 0 Å². The Balaban J connectivity index is 1.68. The number of hydrogen-bond donors (Lipinski definition) is 1. The van der Waals surface area contributed by atoms with Crippen LogP contribution in [0, 0.1) is 0 Å². The zero-order chi connectivity index (χ0) is 16.2. The maximum Gasteiger partial charge on any atom is 0.321 e. The minimum atomic E-state index is -0.0682. The Labute approximate surface area is 141 Å². The quantitative estimate of drug-likeness (QED) is 0.908. The molecule has 1 saturated heterocycles. The predicted molar refractivity (Wildman–Crippen MR) is 93.9 cm³/mol. The van der Waals surface area contributed by atoms with E-state index in [9.17, 15) is 4.79 Å². The number of piperazine rings is 1. The number of likely N-dealkylation sites (N-methyl/N-ethyl adjacent to an activating group) is 1. The molecule has 0 aromatic heterocycles. The van der Waals surface area contributed by atoms with Crippen LogP contribution in [0.5, 0.6) is 0 Å². The molecule has 2 aromatic carbocycles. The van der Waals surface area contributed by atoms with E-state index in [4.69, 9.17) is 11.6 Å². The zero-order valence-corrected chi connectivity index (χ0v) is 13.8. The second-order valence-corrected chi connectivity index (χ2v) is 6.23. The Morgan fingerprint density at radius 3 is 2.48 bits per heavy atom. The molecule has 1 atom stereocenters. The van der Waals surface area contributed by atoms with Gasteiger partial charge in [0.05, 0.1) is 6.04 Å². The van der Waals surface area contributed by atoms with Crippen LogP contribution in [0.3, 0.4) is 0 Å². The number of carbonyl (C=O) groups excluding carboxylic acids is 1. The summed E-state index contributed by atoms with van der Waals surface area (Å²) in [6, 6.07) is 17.6. The minimum absolute atomic E-state index is 0.0682. The normalized spacial score (nSPS) is 18.7. The van der Waals surface area contributed by atoms with E-state index in [1.165, 1.54) is 5.56 Å². The molecular formula is C18H20ClN3O. The predicted octanol–water partition coefficient (Wildman–Crippen LogP) is 3.86. The largest absolute Gasteiger partial charge is 0.321 e. The summed E-state index contributed by atoms with van der Waals surface area (Å²) in [7, 11) is 2.10. The summed E-state index contributed by atoms with van der Waals surface area (Å²) in [5, 5.41) is 3.59. The fourth-order valence-electron chi connectivity index (χ4n) is 2.83. The molecule has 0 radical (unpaired) electrons. The topological polar surface area (TPSA) is 35.6 Å². The molecule has 1 heterocycles. The second-order valence-electron chi connectivity index (χ2n) is 5.79. The van der Waals surface area contributed by atoms with Crippen LogP contribution >= 0.6 is 11.6 Å². The average molecular weight is 330 g/mol. The first-order chi connectivity index (χ1) is 11.1. The molecule has 0 aliphatic carbocycles. The van der Waals surface area contributed by atoms with Crippen molar-refractivity contribution in [3.63, 3.8) is 0 Å². The van der Waals surface area contributed by atoms with Gasteiger partial charge in [0, 0.05) is 30.3 Å². The van der Waals surface area contributed by atoms with Gasteiger partial charge in [-0.25, -0.2) is 4.79 Å². The summed E-state index contributed by atoms with van der Waals surface area (Å²) >= 11 is 5.87. The summed E-state index contributed by atoms with van der Waals surface area (Å²) in [6.45, 7) is 2.26. The minimum Gasteiger partial charge on any atom is -0.321 e. The first-order valence-corrected chi connectivity index (χ1v) is 8.08. The maximum atomic E-state index is 12.5. The van der Waals surface area contributed by atoms with E-state index in [0.717, 1.165) is 18.8 Å². The van der Waals surface area contributed by atoms with Gasteiger partial charge in [0.2, 0.25) is 0 Å². The Morgan fingerprint density at radius 1 is 1.09 bits per heavy atom. The van der Waals surface area contributed by atoms with E-state index in [-0.39, 0.29) is 12.1 Å². The van der Waals surface area contributed by atoms with Crippen molar-refractivity contribution in [2.24, 2.45) is 0 Å². The molecule has 3 rings (SSSR count). The van der Waals surface area contributed by atoms with Crippen LogP contribution in [-0.2, 0) is 0 Å². The van der Waals surface area contributed by atoms with Gasteiger partial charge in [0.1, 0.15) is 0 Å². The molecule has 0 saturated carbocycles. The highest BCUT2D eigenvalue weighted by Crippen LogP contribution is 2.24. The molecule has 0 spiro atoms. The lowest BCUT2D eigenvalue weighted by Crippen LogP contribution is -2.50. The Bertz CT molecular complexity index is 660. The molecular weight excluding hydrogens is 310 g/mol. The number of hydrogen-bond acceptors (Lipinski definition) is 2. The van der Waals surface area contributed by atoms with Crippen LogP contribution < -0.4 is 5.32 Å². The van der Waals surface area contributed by atoms with Crippen molar-refractivity contribution >= 4 is 23.3 Å². The van der Waals surface area contributed by atoms with Crippen LogP contribution in [0.15, 0.2) is 54.6 Å². The lowest BCUT2D eigenvalue weighted by atomic mass is 10.0. The average Bonchev–Trinajstić information content (AvgIpc) is 2.58. The van der Waals surface area contributed by atoms with Gasteiger partial charge in [0.25, 0.3) is 0 Å². The third-order valence-corrected chi connectivity index (χ3v) is 4.47. The van der Waals surface area contributed by atoms with Gasteiger partial charge < -0.3 is 10.2 Å². The summed E-state index contributed by atoms with van der Waals surface area (Å²) < 4.78 is 0. The number of amides is 2. The van der Waals surface area contributed by atoms with Gasteiger partial charge in [-0.15, -0.1) is 0 Å². The third-order valence-electron chi connectivity index (χ3n) is 4.22. The standard InChI is InChI=1S/C18H20ClN3O/c1-21-11-12-22(13-17(21)14-5-3-2-4-6-14)18(23)20-16-9-7-15(19)8-10-16/h2-10,17H,11-13H2,1H3,(H,20,23). The number of halogens is 1. The number of nitrogens with zero attached hydrogens (tertiary/aromatic N) is 2. The monoisotopic (exact) mass is 329 g/mol. The molecule has 1 N–H and O–H groups in total. The van der Waals surface area contributed by atoms with Gasteiger partial charge in [-0.1, -0.05) is 41.9 Å². The molecule has 2 aromatic rings. The van der Waals surface area contributed by atoms with Crippen molar-refractivity contribution in [2.45, 2.75) is 6.04 Å². The van der Waals surface area contributed by atoms with Gasteiger partial charge in [-0.3, -0.25) is 4.90 Å². The molecule has 120 valence electrons. The van der Waals surface area contributed by atoms with Crippen molar-refractivity contribution in [1.29, 1.82) is 0 Å². The van der Waals surface area contributed by atoms with Gasteiger partial charge in [0.15, 0.2) is 0 Å². The van der Waals surface area contributed by atoms with Crippen molar-refractivity contribution in [3.05, 3.63) is 65.2 Å². The van der Waals surface area contributed by atoms with E-state index in [1.54, 1.807) is 12.1 Å². The fourth-order valence-corrected chi connectivity index (χ4v) is 2.95. The summed E-state index contributed by atoms with van der Waals surface area (Å²) in [5.41, 5.74) is 1.99. The number of urea groups is 1. The molecule has 1 unspecified atom stereocenters. The highest BCUT2D eigenvalue weighted by atomic mass is 35.5. The number of rotatable bonds is 2. The Morgan fingerprint density at radius 2 is 1.78 bits per heavy atom. The van der Waals surface area contributed by atoms with Crippen LogP contribution in [0.2, 0.25) is 5.02 Å². The van der Waals surface area contributed by atoms with Gasteiger partial charge in [-0.2, -0.15) is 0 Å². The number of carbonyl (C=O) groups is 1. The molecule has 1 aliphatic heterocycles. The highest BCUT2D eigenvalue weighted by Gasteiger charge is 2.28. The molecule has 0 bridgehead atoms. The van der Waals surface area contributed by atoms with Crippen molar-refractivity contribution in [1.82, 2.24) is 9.80 Å². The Kier molecular flexibility index (Phi) is 4.84. The second kappa shape index (κ2) is 7.02. The van der Waals surface area contributed by atoms with Crippen LogP contribution in [-0.4, -0.2) is 42.5 Å². The Hall–Kier alpha value is -2.04. The number of benzene rings is 2. The summed E-state index contributed by atoms with van der Waals surface area (Å²) in [6.07, 6.45) is 0. The van der Waals surface area contributed by atoms with E-state index in [1.807, 2.05) is 35.2 Å². The molecule has 1 aliphatic rings.